The Bertz CT molecular complexity index is 862. The fourth-order valence-corrected chi connectivity index (χ4v) is 2.09. The van der Waals surface area contributed by atoms with Gasteiger partial charge in [-0.05, 0) is 36.4 Å². The molecule has 0 aliphatic heterocycles. The molecule has 0 aliphatic carbocycles. The Hall–Kier alpha value is -2.87. The maximum atomic E-state index is 10.9. The smallest absolute Gasteiger partial charge is 0.294 e. The highest BCUT2D eigenvalue weighted by Crippen LogP contribution is 2.24. The molecule has 0 atom stereocenters. The van der Waals surface area contributed by atoms with Crippen molar-refractivity contribution in [2.24, 2.45) is 0 Å². The van der Waals surface area contributed by atoms with Crippen molar-refractivity contribution >= 4 is 16.2 Å². The van der Waals surface area contributed by atoms with E-state index in [-0.39, 0.29) is 10.5 Å². The van der Waals surface area contributed by atoms with Gasteiger partial charge in [0.2, 0.25) is 0 Å². The number of nitriles is 2. The van der Waals surface area contributed by atoms with E-state index in [1.807, 2.05) is 0 Å². The molecule has 0 spiro atoms. The van der Waals surface area contributed by atoms with Crippen molar-refractivity contribution in [2.45, 2.75) is 4.90 Å². The molecule has 7 heteroatoms. The number of hydrogen-bond donors (Lipinski definition) is 1. The molecule has 0 aliphatic rings. The van der Waals surface area contributed by atoms with Crippen LogP contribution in [-0.2, 0) is 10.1 Å². The molecule has 2 aromatic rings. The molecule has 1 aromatic carbocycles. The molecule has 0 saturated heterocycles. The normalized spacial score (nSPS) is 10.4. The first kappa shape index (κ1) is 14.5. The van der Waals surface area contributed by atoms with E-state index < -0.39 is 10.1 Å². The summed E-state index contributed by atoms with van der Waals surface area (Å²) in [5.74, 6) is 0.778. The Morgan fingerprint density at radius 1 is 1.10 bits per heavy atom. The van der Waals surface area contributed by atoms with E-state index in [0.717, 1.165) is 0 Å². The number of furan rings is 1. The molecule has 21 heavy (non-hydrogen) atoms. The van der Waals surface area contributed by atoms with Crippen molar-refractivity contribution in [3.8, 4) is 23.5 Å². The van der Waals surface area contributed by atoms with Crippen molar-refractivity contribution in [3.63, 3.8) is 0 Å². The van der Waals surface area contributed by atoms with E-state index in [1.165, 1.54) is 30.3 Å². The second-order valence-corrected chi connectivity index (χ2v) is 5.40. The zero-order chi connectivity index (χ0) is 15.5. The molecular weight excluding hydrogens is 292 g/mol. The fraction of sp³-hybridized carbons (Fsp3) is 0. The third kappa shape index (κ3) is 3.37. The Morgan fingerprint density at radius 2 is 1.71 bits per heavy atom. The zero-order valence-corrected chi connectivity index (χ0v) is 11.3. The second-order valence-electron chi connectivity index (χ2n) is 3.98. The monoisotopic (exact) mass is 300 g/mol. The van der Waals surface area contributed by atoms with Crippen LogP contribution in [0, 0.1) is 22.7 Å². The van der Waals surface area contributed by atoms with Gasteiger partial charge in [0.1, 0.15) is 29.2 Å². The second kappa shape index (κ2) is 5.63. The Labute approximate surface area is 120 Å². The third-order valence-corrected chi connectivity index (χ3v) is 3.46. The summed E-state index contributed by atoms with van der Waals surface area (Å²) in [4.78, 5) is -0.214. The Balaban J connectivity index is 2.33. The molecule has 1 aromatic heterocycles. The number of allylic oxidation sites excluding steroid dienone is 1. The van der Waals surface area contributed by atoms with Gasteiger partial charge in [-0.1, -0.05) is 0 Å². The average molecular weight is 300 g/mol. The van der Waals surface area contributed by atoms with Crippen LogP contribution in [0.4, 0.5) is 0 Å². The lowest BCUT2D eigenvalue weighted by molar-refractivity contribution is 0.483. The maximum absolute atomic E-state index is 10.9. The summed E-state index contributed by atoms with van der Waals surface area (Å²) < 4.78 is 36.2. The van der Waals surface area contributed by atoms with Crippen LogP contribution in [0.3, 0.4) is 0 Å². The van der Waals surface area contributed by atoms with Gasteiger partial charge in [-0.3, -0.25) is 4.55 Å². The maximum Gasteiger partial charge on any atom is 0.294 e. The minimum Gasteiger partial charge on any atom is -0.457 e. The summed E-state index contributed by atoms with van der Waals surface area (Å²) in [6, 6.07) is 12.1. The lowest BCUT2D eigenvalue weighted by atomic mass is 10.2. The average Bonchev–Trinajstić information content (AvgIpc) is 2.92. The van der Waals surface area contributed by atoms with Crippen molar-refractivity contribution in [1.29, 1.82) is 10.5 Å². The SMILES string of the molecule is N#CC(C#N)=Cc1ccc(-c2ccc(S(=O)(=O)O)cc2)o1. The van der Waals surface area contributed by atoms with Gasteiger partial charge >= 0.3 is 0 Å². The molecule has 1 N–H and O–H groups in total. The topological polar surface area (TPSA) is 115 Å². The van der Waals surface area contributed by atoms with Gasteiger partial charge in [0, 0.05) is 11.6 Å². The van der Waals surface area contributed by atoms with Crippen molar-refractivity contribution in [3.05, 3.63) is 47.7 Å². The minimum atomic E-state index is -4.23. The molecule has 2 rings (SSSR count). The molecule has 0 saturated carbocycles. The Kier molecular flexibility index (Phi) is 3.90. The summed E-state index contributed by atoms with van der Waals surface area (Å²) in [5, 5.41) is 17.3. The van der Waals surface area contributed by atoms with Crippen LogP contribution in [-0.4, -0.2) is 13.0 Å². The molecular formula is C14H8N2O4S. The van der Waals surface area contributed by atoms with Gasteiger partial charge in [-0.15, -0.1) is 0 Å². The first-order valence-corrected chi connectivity index (χ1v) is 7.07. The van der Waals surface area contributed by atoms with Crippen LogP contribution < -0.4 is 0 Å². The highest BCUT2D eigenvalue weighted by atomic mass is 32.2. The molecule has 104 valence electrons. The van der Waals surface area contributed by atoms with Crippen LogP contribution in [0.5, 0.6) is 0 Å². The van der Waals surface area contributed by atoms with E-state index in [9.17, 15) is 8.42 Å². The minimum absolute atomic E-state index is 0.0855. The van der Waals surface area contributed by atoms with Crippen LogP contribution in [0.15, 0.2) is 51.3 Å². The fourth-order valence-electron chi connectivity index (χ4n) is 1.61. The van der Waals surface area contributed by atoms with Crippen molar-refractivity contribution in [2.75, 3.05) is 0 Å². The van der Waals surface area contributed by atoms with Crippen molar-refractivity contribution in [1.82, 2.24) is 0 Å². The molecule has 6 nitrogen and oxygen atoms in total. The number of rotatable bonds is 3. The lowest BCUT2D eigenvalue weighted by Gasteiger charge is -1.99. The van der Waals surface area contributed by atoms with Gasteiger partial charge in [0.25, 0.3) is 10.1 Å². The van der Waals surface area contributed by atoms with Crippen LogP contribution in [0.2, 0.25) is 0 Å². The summed E-state index contributed by atoms with van der Waals surface area (Å²) in [6.07, 6.45) is 1.30. The highest BCUT2D eigenvalue weighted by Gasteiger charge is 2.10. The van der Waals surface area contributed by atoms with E-state index in [2.05, 4.69) is 0 Å². The largest absolute Gasteiger partial charge is 0.457 e. The molecule has 0 bridgehead atoms. The molecule has 0 fully saturated rings. The summed E-state index contributed by atoms with van der Waals surface area (Å²) in [7, 11) is -4.23. The van der Waals surface area contributed by atoms with E-state index in [0.29, 0.717) is 17.1 Å². The summed E-state index contributed by atoms with van der Waals surface area (Å²) in [6.45, 7) is 0. The number of hydrogen-bond acceptors (Lipinski definition) is 5. The van der Waals surface area contributed by atoms with Gasteiger partial charge in [-0.25, -0.2) is 0 Å². The number of nitrogens with zero attached hydrogens (tertiary/aromatic N) is 2. The van der Waals surface area contributed by atoms with Crippen LogP contribution in [0.25, 0.3) is 17.4 Å². The quantitative estimate of drug-likeness (QED) is 0.688. The predicted octanol–water partition coefficient (Wildman–Crippen LogP) is 2.62. The molecule has 0 amide bonds. The van der Waals surface area contributed by atoms with Crippen LogP contribution >= 0.6 is 0 Å². The lowest BCUT2D eigenvalue weighted by Crippen LogP contribution is -1.96. The van der Waals surface area contributed by atoms with Gasteiger partial charge in [0.05, 0.1) is 4.90 Å². The van der Waals surface area contributed by atoms with Gasteiger partial charge in [0.15, 0.2) is 0 Å². The predicted molar refractivity (Wildman–Crippen MR) is 73.2 cm³/mol. The molecule has 0 radical (unpaired) electrons. The van der Waals surface area contributed by atoms with Crippen LogP contribution in [0.1, 0.15) is 5.76 Å². The first-order valence-electron chi connectivity index (χ1n) is 5.63. The van der Waals surface area contributed by atoms with Gasteiger partial charge in [-0.2, -0.15) is 18.9 Å². The first-order chi connectivity index (χ1) is 9.94. The highest BCUT2D eigenvalue weighted by molar-refractivity contribution is 7.85. The van der Waals surface area contributed by atoms with E-state index in [1.54, 1.807) is 24.3 Å². The zero-order valence-electron chi connectivity index (χ0n) is 10.5. The van der Waals surface area contributed by atoms with E-state index >= 15 is 0 Å². The summed E-state index contributed by atoms with van der Waals surface area (Å²) in [5.41, 5.74) is 0.509. The molecule has 0 unspecified atom stereocenters. The molecule has 1 heterocycles. The van der Waals surface area contributed by atoms with E-state index in [4.69, 9.17) is 19.5 Å². The third-order valence-electron chi connectivity index (χ3n) is 2.59. The number of benzene rings is 1. The Morgan fingerprint density at radius 3 is 2.24 bits per heavy atom. The summed E-state index contributed by atoms with van der Waals surface area (Å²) >= 11 is 0. The van der Waals surface area contributed by atoms with Gasteiger partial charge < -0.3 is 4.42 Å². The van der Waals surface area contributed by atoms with Crippen molar-refractivity contribution < 1.29 is 17.4 Å². The standard InChI is InChI=1S/C14H8N2O4S/c15-8-10(9-16)7-12-3-6-14(20-12)11-1-4-13(5-2-11)21(17,18)19/h1-7H,(H,17,18,19).